The first kappa shape index (κ1) is 22.7. The van der Waals surface area contributed by atoms with Crippen LogP contribution in [0.5, 0.6) is 0 Å². The van der Waals surface area contributed by atoms with E-state index in [1.165, 1.54) is 12.0 Å². The van der Waals surface area contributed by atoms with Crippen molar-refractivity contribution >= 4 is 34.2 Å². The third-order valence-electron chi connectivity index (χ3n) is 7.17. The van der Waals surface area contributed by atoms with Crippen molar-refractivity contribution in [3.8, 4) is 0 Å². The summed E-state index contributed by atoms with van der Waals surface area (Å²) < 4.78 is 0. The Labute approximate surface area is 199 Å². The normalized spacial score (nSPS) is 20.0. The van der Waals surface area contributed by atoms with Gasteiger partial charge in [-0.2, -0.15) is 4.98 Å². The van der Waals surface area contributed by atoms with Crippen LogP contribution in [-0.4, -0.2) is 68.0 Å². The van der Waals surface area contributed by atoms with Crippen molar-refractivity contribution in [2.75, 3.05) is 41.4 Å². The Hall–Kier alpha value is -3.04. The van der Waals surface area contributed by atoms with Crippen molar-refractivity contribution in [3.63, 3.8) is 0 Å². The first-order valence-corrected chi connectivity index (χ1v) is 12.1. The molecule has 0 radical (unpaired) electrons. The average molecular weight is 464 g/mol. The van der Waals surface area contributed by atoms with Crippen molar-refractivity contribution in [3.05, 3.63) is 36.3 Å². The molecule has 3 aromatic heterocycles. The van der Waals surface area contributed by atoms with E-state index in [1.54, 1.807) is 6.20 Å². The molecule has 5 rings (SSSR count). The lowest BCUT2D eigenvalue weighted by Crippen LogP contribution is -2.47. The van der Waals surface area contributed by atoms with Crippen molar-refractivity contribution in [2.24, 2.45) is 0 Å². The Bertz CT molecular complexity index is 1180. The number of fused-ring (bicyclic) bond motifs is 1. The second kappa shape index (κ2) is 8.96. The lowest BCUT2D eigenvalue weighted by Gasteiger charge is -2.40. The maximum absolute atomic E-state index is 10.3. The Morgan fingerprint density at radius 1 is 1.09 bits per heavy atom. The molecule has 2 fully saturated rings. The van der Waals surface area contributed by atoms with Gasteiger partial charge in [-0.15, -0.1) is 0 Å². The highest BCUT2D eigenvalue weighted by molar-refractivity contribution is 5.96. The first-order valence-electron chi connectivity index (χ1n) is 12.1. The quantitative estimate of drug-likeness (QED) is 0.507. The van der Waals surface area contributed by atoms with E-state index in [2.05, 4.69) is 52.0 Å². The first-order chi connectivity index (χ1) is 16.4. The van der Waals surface area contributed by atoms with E-state index in [0.29, 0.717) is 49.7 Å². The predicted molar refractivity (Wildman–Crippen MR) is 134 cm³/mol. The molecular weight excluding hydrogens is 430 g/mol. The second-order valence-electron chi connectivity index (χ2n) is 9.87. The zero-order valence-electron chi connectivity index (χ0n) is 20.1. The van der Waals surface area contributed by atoms with Gasteiger partial charge in [-0.1, -0.05) is 13.8 Å². The number of hydrogen-bond donors (Lipinski definition) is 3. The van der Waals surface area contributed by atoms with Gasteiger partial charge in [-0.3, -0.25) is 0 Å². The molecule has 0 unspecified atom stereocenters. The second-order valence-corrected chi connectivity index (χ2v) is 9.87. The lowest BCUT2D eigenvalue weighted by molar-refractivity contribution is -0.0327. The number of rotatable bonds is 6. The molecule has 1 atom stereocenters. The molecule has 9 nitrogen and oxygen atoms in total. The van der Waals surface area contributed by atoms with Crippen LogP contribution >= 0.6 is 0 Å². The maximum Gasteiger partial charge on any atom is 0.227 e. The summed E-state index contributed by atoms with van der Waals surface area (Å²) in [6.45, 7) is 8.60. The van der Waals surface area contributed by atoms with Crippen molar-refractivity contribution in [1.29, 1.82) is 0 Å². The number of aliphatic hydroxyl groups is 2. The Morgan fingerprint density at radius 3 is 2.53 bits per heavy atom. The average Bonchev–Trinajstić information content (AvgIpc) is 2.83. The molecule has 0 aliphatic carbocycles. The molecule has 3 aromatic rings. The molecule has 2 saturated heterocycles. The van der Waals surface area contributed by atoms with Crippen LogP contribution < -0.4 is 15.1 Å². The van der Waals surface area contributed by atoms with E-state index in [1.807, 2.05) is 23.4 Å². The van der Waals surface area contributed by atoms with Crippen LogP contribution in [0.1, 0.15) is 51.5 Å². The summed E-state index contributed by atoms with van der Waals surface area (Å²) in [4.78, 5) is 23.0. The van der Waals surface area contributed by atoms with Gasteiger partial charge in [0.15, 0.2) is 0 Å². The summed E-state index contributed by atoms with van der Waals surface area (Å²) in [5.41, 5.74) is 0.197. The SMILES string of the molecule is CC(C)c1cnc(N2CC[C@H]2C)c2cnc(Nc3ccnc(N4CCC(O)(CO)CC4)n3)cc12. The Kier molecular flexibility index (Phi) is 5.99. The van der Waals surface area contributed by atoms with Crippen LogP contribution in [0.4, 0.5) is 23.4 Å². The monoisotopic (exact) mass is 463 g/mol. The Balaban J connectivity index is 1.41. The maximum atomic E-state index is 10.3. The minimum absolute atomic E-state index is 0.219. The highest BCUT2D eigenvalue weighted by atomic mass is 16.3. The molecular formula is C25H33N7O2. The number of hydrogen-bond acceptors (Lipinski definition) is 9. The topological polar surface area (TPSA) is 111 Å². The summed E-state index contributed by atoms with van der Waals surface area (Å²) in [6.07, 6.45) is 7.81. The Morgan fingerprint density at radius 2 is 1.88 bits per heavy atom. The van der Waals surface area contributed by atoms with Gasteiger partial charge in [0.1, 0.15) is 17.5 Å². The molecule has 0 aromatic carbocycles. The van der Waals surface area contributed by atoms with E-state index in [-0.39, 0.29) is 6.61 Å². The van der Waals surface area contributed by atoms with Crippen molar-refractivity contribution < 1.29 is 10.2 Å². The zero-order valence-corrected chi connectivity index (χ0v) is 20.1. The number of aliphatic hydroxyl groups excluding tert-OH is 1. The van der Waals surface area contributed by atoms with Crippen LogP contribution in [0, 0.1) is 0 Å². The minimum Gasteiger partial charge on any atom is -0.393 e. The molecule has 34 heavy (non-hydrogen) atoms. The fourth-order valence-corrected chi connectivity index (χ4v) is 4.71. The summed E-state index contributed by atoms with van der Waals surface area (Å²) in [5, 5.41) is 25.3. The van der Waals surface area contributed by atoms with E-state index >= 15 is 0 Å². The van der Waals surface area contributed by atoms with E-state index < -0.39 is 5.60 Å². The highest BCUT2D eigenvalue weighted by Gasteiger charge is 2.32. The molecule has 2 aliphatic heterocycles. The molecule has 0 saturated carbocycles. The number of nitrogens with zero attached hydrogens (tertiary/aromatic N) is 6. The van der Waals surface area contributed by atoms with Gasteiger partial charge in [0.25, 0.3) is 0 Å². The van der Waals surface area contributed by atoms with Gasteiger partial charge >= 0.3 is 0 Å². The standard InChI is InChI=1S/C25H33N7O2/c1-16(2)19-13-28-23(32-9-5-17(32)3)20-14-27-22(12-18(19)20)29-21-4-8-26-24(30-21)31-10-6-25(34,15-33)7-11-31/h4,8,12-14,16-17,33-34H,5-7,9-11,15H2,1-3H3,(H,26,27,29,30)/t17-/m1/s1. The molecule has 2 aliphatic rings. The molecule has 180 valence electrons. The van der Waals surface area contributed by atoms with Gasteiger partial charge in [-0.05, 0) is 55.2 Å². The predicted octanol–water partition coefficient (Wildman–Crippen LogP) is 3.21. The summed E-state index contributed by atoms with van der Waals surface area (Å²) in [5.74, 6) is 3.34. The number of piperidine rings is 1. The summed E-state index contributed by atoms with van der Waals surface area (Å²) in [7, 11) is 0. The third kappa shape index (κ3) is 4.25. The van der Waals surface area contributed by atoms with E-state index in [9.17, 15) is 10.2 Å². The van der Waals surface area contributed by atoms with Crippen LogP contribution in [0.2, 0.25) is 0 Å². The van der Waals surface area contributed by atoms with Crippen molar-refractivity contribution in [1.82, 2.24) is 19.9 Å². The van der Waals surface area contributed by atoms with E-state index in [4.69, 9.17) is 4.98 Å². The van der Waals surface area contributed by atoms with Crippen LogP contribution in [-0.2, 0) is 0 Å². The lowest BCUT2D eigenvalue weighted by atomic mass is 9.93. The minimum atomic E-state index is -1.00. The fraction of sp³-hybridized carbons (Fsp3) is 0.520. The number of aromatic nitrogens is 4. The van der Waals surface area contributed by atoms with Gasteiger partial charge in [0.2, 0.25) is 5.95 Å². The molecule has 3 N–H and O–H groups in total. The number of anilines is 4. The molecule has 0 amide bonds. The summed E-state index contributed by atoms with van der Waals surface area (Å²) in [6, 6.07) is 4.41. The largest absolute Gasteiger partial charge is 0.393 e. The van der Waals surface area contributed by atoms with Crippen LogP contribution in [0.25, 0.3) is 10.8 Å². The van der Waals surface area contributed by atoms with E-state index in [0.717, 1.165) is 29.0 Å². The van der Waals surface area contributed by atoms with Gasteiger partial charge in [-0.25, -0.2) is 15.0 Å². The molecule has 5 heterocycles. The van der Waals surface area contributed by atoms with Crippen LogP contribution in [0.3, 0.4) is 0 Å². The fourth-order valence-electron chi connectivity index (χ4n) is 4.71. The van der Waals surface area contributed by atoms with Crippen molar-refractivity contribution in [2.45, 2.75) is 57.6 Å². The molecule has 0 bridgehead atoms. The summed E-state index contributed by atoms with van der Waals surface area (Å²) >= 11 is 0. The number of pyridine rings is 2. The van der Waals surface area contributed by atoms with Gasteiger partial charge in [0, 0.05) is 49.7 Å². The highest BCUT2D eigenvalue weighted by Crippen LogP contribution is 2.35. The van der Waals surface area contributed by atoms with Gasteiger partial charge in [0.05, 0.1) is 12.2 Å². The van der Waals surface area contributed by atoms with Crippen LogP contribution in [0.15, 0.2) is 30.7 Å². The zero-order chi connectivity index (χ0) is 23.9. The molecule has 0 spiro atoms. The number of nitrogens with one attached hydrogen (secondary N) is 1. The molecule has 9 heteroatoms. The smallest absolute Gasteiger partial charge is 0.227 e. The van der Waals surface area contributed by atoms with Gasteiger partial charge < -0.3 is 25.3 Å². The third-order valence-corrected chi connectivity index (χ3v) is 7.17.